The lowest BCUT2D eigenvalue weighted by molar-refractivity contribution is 0.0527. The Morgan fingerprint density at radius 2 is 1.77 bits per heavy atom. The maximum absolute atomic E-state index is 11.6. The molecule has 0 aliphatic carbocycles. The van der Waals surface area contributed by atoms with Crippen molar-refractivity contribution in [1.82, 2.24) is 25.5 Å². The van der Waals surface area contributed by atoms with E-state index in [0.29, 0.717) is 19.6 Å². The van der Waals surface area contributed by atoms with Crippen molar-refractivity contribution >= 4 is 36.0 Å². The van der Waals surface area contributed by atoms with E-state index in [9.17, 15) is 4.79 Å². The maximum atomic E-state index is 11.6. The lowest BCUT2D eigenvalue weighted by Gasteiger charge is -2.19. The third-order valence-corrected chi connectivity index (χ3v) is 4.03. The number of halogens is 1. The fourth-order valence-electron chi connectivity index (χ4n) is 2.65. The van der Waals surface area contributed by atoms with Crippen LogP contribution < -0.4 is 16.0 Å². The van der Waals surface area contributed by atoms with Gasteiger partial charge in [0.25, 0.3) is 0 Å². The van der Waals surface area contributed by atoms with Gasteiger partial charge in [-0.2, -0.15) is 0 Å². The number of amides is 1. The van der Waals surface area contributed by atoms with Crippen molar-refractivity contribution in [2.24, 2.45) is 4.99 Å². The Morgan fingerprint density at radius 3 is 2.39 bits per heavy atom. The van der Waals surface area contributed by atoms with Crippen molar-refractivity contribution in [2.75, 3.05) is 19.6 Å². The van der Waals surface area contributed by atoms with Crippen LogP contribution in [0.5, 0.6) is 0 Å². The third kappa shape index (κ3) is 11.6. The smallest absolute Gasteiger partial charge is 0.407 e. The second-order valence-corrected chi connectivity index (χ2v) is 7.96. The van der Waals surface area contributed by atoms with E-state index in [4.69, 9.17) is 4.74 Å². The lowest BCUT2D eigenvalue weighted by Crippen LogP contribution is -2.39. The van der Waals surface area contributed by atoms with Gasteiger partial charge in [-0.1, -0.05) is 24.3 Å². The first-order valence-corrected chi connectivity index (χ1v) is 10.4. The van der Waals surface area contributed by atoms with E-state index in [1.165, 1.54) is 5.56 Å². The first kappa shape index (κ1) is 26.7. The monoisotopic (exact) mass is 542 g/mol. The number of aliphatic imine (C=N–C) groups is 1. The van der Waals surface area contributed by atoms with Crippen LogP contribution in [0.4, 0.5) is 4.79 Å². The zero-order valence-corrected chi connectivity index (χ0v) is 21.2. The number of carbonyl (C=O) groups is 1. The van der Waals surface area contributed by atoms with Gasteiger partial charge in [0, 0.05) is 38.6 Å². The summed E-state index contributed by atoms with van der Waals surface area (Å²) in [7, 11) is 0. The zero-order chi connectivity index (χ0) is 21.8. The van der Waals surface area contributed by atoms with Crippen LogP contribution >= 0.6 is 24.0 Å². The quantitative estimate of drug-likeness (QED) is 0.195. The highest BCUT2D eigenvalue weighted by atomic mass is 127. The lowest BCUT2D eigenvalue weighted by atomic mass is 10.1. The molecule has 9 heteroatoms. The van der Waals surface area contributed by atoms with Crippen LogP contribution in [0.2, 0.25) is 0 Å². The number of imidazole rings is 1. The molecule has 0 fully saturated rings. The second-order valence-electron chi connectivity index (χ2n) is 7.96. The molecular formula is C22H35IN6O2. The fourth-order valence-corrected chi connectivity index (χ4v) is 2.65. The summed E-state index contributed by atoms with van der Waals surface area (Å²) in [5, 5.41) is 9.29. The molecule has 172 valence electrons. The van der Waals surface area contributed by atoms with Crippen LogP contribution in [0.3, 0.4) is 0 Å². The summed E-state index contributed by atoms with van der Waals surface area (Å²) in [6.07, 6.45) is 5.93. The molecule has 0 radical (unpaired) electrons. The summed E-state index contributed by atoms with van der Waals surface area (Å²) in [5.41, 5.74) is 1.89. The first-order chi connectivity index (χ1) is 14.4. The van der Waals surface area contributed by atoms with E-state index in [2.05, 4.69) is 50.2 Å². The Balaban J connectivity index is 0.00000480. The van der Waals surface area contributed by atoms with E-state index in [1.54, 1.807) is 6.20 Å². The van der Waals surface area contributed by atoms with Crippen LogP contribution in [0.25, 0.3) is 0 Å². The summed E-state index contributed by atoms with van der Waals surface area (Å²) >= 11 is 0. The molecule has 8 nitrogen and oxygen atoms in total. The standard InChI is InChI=1S/C22H34N6O2.HI/c1-5-24-20(25-11-6-12-26-21(29)30-22(2,3)4)27-15-18-7-9-19(10-8-18)16-28-14-13-23-17-28;/h7-10,13-14,17H,5-6,11-12,15-16H2,1-4H3,(H,26,29)(H2,24,25,27);1H. The zero-order valence-electron chi connectivity index (χ0n) is 18.9. The summed E-state index contributed by atoms with van der Waals surface area (Å²) in [6.45, 7) is 11.0. The molecule has 1 aromatic heterocycles. The van der Waals surface area contributed by atoms with Gasteiger partial charge in [0.05, 0.1) is 12.9 Å². The van der Waals surface area contributed by atoms with E-state index >= 15 is 0 Å². The van der Waals surface area contributed by atoms with Crippen molar-refractivity contribution in [3.05, 3.63) is 54.1 Å². The highest BCUT2D eigenvalue weighted by Crippen LogP contribution is 2.08. The van der Waals surface area contributed by atoms with Gasteiger partial charge in [-0.3, -0.25) is 0 Å². The molecule has 1 amide bonds. The van der Waals surface area contributed by atoms with E-state index in [-0.39, 0.29) is 30.1 Å². The number of carbonyl (C=O) groups excluding carboxylic acids is 1. The number of rotatable bonds is 9. The van der Waals surface area contributed by atoms with Gasteiger partial charge < -0.3 is 25.3 Å². The number of aromatic nitrogens is 2. The Bertz CT molecular complexity index is 785. The number of nitrogens with one attached hydrogen (secondary N) is 3. The molecule has 0 atom stereocenters. The fraction of sp³-hybridized carbons (Fsp3) is 0.500. The Labute approximate surface area is 202 Å². The second kappa shape index (κ2) is 13.9. The van der Waals surface area contributed by atoms with Gasteiger partial charge >= 0.3 is 6.09 Å². The van der Waals surface area contributed by atoms with Gasteiger partial charge in [-0.25, -0.2) is 14.8 Å². The van der Waals surface area contributed by atoms with Crippen LogP contribution in [-0.4, -0.2) is 46.8 Å². The molecule has 0 saturated carbocycles. The molecule has 1 aromatic carbocycles. The van der Waals surface area contributed by atoms with Crippen LogP contribution in [0.15, 0.2) is 48.0 Å². The molecule has 1 heterocycles. The molecule has 31 heavy (non-hydrogen) atoms. The summed E-state index contributed by atoms with van der Waals surface area (Å²) in [6, 6.07) is 8.44. The van der Waals surface area contributed by atoms with Gasteiger partial charge in [0.2, 0.25) is 0 Å². The molecule has 0 bridgehead atoms. The normalized spacial score (nSPS) is 11.4. The summed E-state index contributed by atoms with van der Waals surface area (Å²) < 4.78 is 7.26. The van der Waals surface area contributed by atoms with Gasteiger partial charge in [-0.05, 0) is 45.2 Å². The van der Waals surface area contributed by atoms with E-state index in [0.717, 1.165) is 31.0 Å². The minimum atomic E-state index is -0.481. The minimum Gasteiger partial charge on any atom is -0.444 e. The molecular weight excluding hydrogens is 507 g/mol. The van der Waals surface area contributed by atoms with Crippen molar-refractivity contribution in [1.29, 1.82) is 0 Å². The molecule has 0 unspecified atom stereocenters. The molecule has 0 aliphatic heterocycles. The number of nitrogens with zero attached hydrogens (tertiary/aromatic N) is 3. The molecule has 3 N–H and O–H groups in total. The summed E-state index contributed by atoms with van der Waals surface area (Å²) in [5.74, 6) is 0.761. The van der Waals surface area contributed by atoms with Gasteiger partial charge in [0.1, 0.15) is 5.60 Å². The van der Waals surface area contributed by atoms with Crippen molar-refractivity contribution in [2.45, 2.75) is 52.8 Å². The molecule has 0 aliphatic rings. The van der Waals surface area contributed by atoms with Crippen LogP contribution in [-0.2, 0) is 17.8 Å². The van der Waals surface area contributed by atoms with Crippen LogP contribution in [0, 0.1) is 0 Å². The topological polar surface area (TPSA) is 92.6 Å². The number of ether oxygens (including phenoxy) is 1. The Hall–Kier alpha value is -2.30. The highest BCUT2D eigenvalue weighted by molar-refractivity contribution is 14.0. The van der Waals surface area contributed by atoms with Crippen LogP contribution in [0.1, 0.15) is 45.2 Å². The average Bonchev–Trinajstić information content (AvgIpc) is 3.18. The minimum absolute atomic E-state index is 0. The Kier molecular flexibility index (Phi) is 12.0. The van der Waals surface area contributed by atoms with E-state index < -0.39 is 5.60 Å². The number of hydrogen-bond donors (Lipinski definition) is 3. The molecule has 2 aromatic rings. The van der Waals surface area contributed by atoms with Crippen molar-refractivity contribution in [3.8, 4) is 0 Å². The van der Waals surface area contributed by atoms with E-state index in [1.807, 2.05) is 44.8 Å². The number of guanidine groups is 1. The van der Waals surface area contributed by atoms with Gasteiger partial charge in [-0.15, -0.1) is 24.0 Å². The maximum Gasteiger partial charge on any atom is 0.407 e. The summed E-state index contributed by atoms with van der Waals surface area (Å²) in [4.78, 5) is 20.3. The number of benzene rings is 1. The molecule has 2 rings (SSSR count). The molecule has 0 saturated heterocycles. The van der Waals surface area contributed by atoms with Crippen molar-refractivity contribution in [3.63, 3.8) is 0 Å². The number of alkyl carbamates (subject to hydrolysis) is 1. The first-order valence-electron chi connectivity index (χ1n) is 10.4. The Morgan fingerprint density at radius 1 is 1.10 bits per heavy atom. The highest BCUT2D eigenvalue weighted by Gasteiger charge is 2.15. The molecule has 0 spiro atoms. The van der Waals surface area contributed by atoms with Crippen molar-refractivity contribution < 1.29 is 9.53 Å². The predicted molar refractivity (Wildman–Crippen MR) is 135 cm³/mol. The number of hydrogen-bond acceptors (Lipinski definition) is 4. The third-order valence-electron chi connectivity index (χ3n) is 4.03. The van der Waals surface area contributed by atoms with Gasteiger partial charge in [0.15, 0.2) is 5.96 Å². The average molecular weight is 542 g/mol. The predicted octanol–water partition coefficient (Wildman–Crippen LogP) is 3.52. The largest absolute Gasteiger partial charge is 0.444 e. The SMILES string of the molecule is CCNC(=NCc1ccc(Cn2ccnc2)cc1)NCCCNC(=O)OC(C)(C)C.I.